The summed E-state index contributed by atoms with van der Waals surface area (Å²) in [4.78, 5) is 4.18. The zero-order valence-electron chi connectivity index (χ0n) is 11.5. The molecule has 1 aromatic heterocycles. The molecule has 1 heterocycles. The minimum absolute atomic E-state index is 0.0176. The molecule has 1 aromatic rings. The van der Waals surface area contributed by atoms with Crippen LogP contribution in [0.5, 0.6) is 0 Å². The third-order valence-electron chi connectivity index (χ3n) is 2.78. The van der Waals surface area contributed by atoms with Crippen LogP contribution in [0.3, 0.4) is 0 Å². The van der Waals surface area contributed by atoms with Gasteiger partial charge in [0, 0.05) is 17.1 Å². The van der Waals surface area contributed by atoms with Crippen LogP contribution >= 0.6 is 11.3 Å². The molecule has 0 saturated carbocycles. The van der Waals surface area contributed by atoms with Gasteiger partial charge < -0.3 is 5.32 Å². The molecule has 110 valence electrons. The predicted octanol–water partition coefficient (Wildman–Crippen LogP) is 4.64. The molecule has 1 rings (SSSR count). The SMILES string of the molecule is CCCNC(CCC(C)C)c1cnc(C(F)(F)F)s1. The molecular formula is C13H21F3N2S. The summed E-state index contributed by atoms with van der Waals surface area (Å²) in [6.07, 6.45) is -0.182. The Hall–Kier alpha value is -0.620. The van der Waals surface area contributed by atoms with Gasteiger partial charge in [-0.15, -0.1) is 11.3 Å². The minimum Gasteiger partial charge on any atom is -0.309 e. The molecule has 0 amide bonds. The van der Waals surface area contributed by atoms with E-state index < -0.39 is 11.2 Å². The quantitative estimate of drug-likeness (QED) is 0.792. The van der Waals surface area contributed by atoms with Crippen molar-refractivity contribution in [3.63, 3.8) is 0 Å². The highest BCUT2D eigenvalue weighted by Crippen LogP contribution is 2.35. The van der Waals surface area contributed by atoms with E-state index in [1.807, 2.05) is 6.92 Å². The molecule has 0 aliphatic rings. The number of thiazole rings is 1. The highest BCUT2D eigenvalue weighted by atomic mass is 32.1. The molecule has 2 nitrogen and oxygen atoms in total. The normalized spacial score (nSPS) is 14.1. The highest BCUT2D eigenvalue weighted by Gasteiger charge is 2.35. The van der Waals surface area contributed by atoms with E-state index in [0.29, 0.717) is 10.8 Å². The maximum atomic E-state index is 12.6. The van der Waals surface area contributed by atoms with Gasteiger partial charge in [0.25, 0.3) is 0 Å². The fourth-order valence-electron chi connectivity index (χ4n) is 1.74. The number of nitrogens with one attached hydrogen (secondary N) is 1. The Kier molecular flexibility index (Phi) is 6.26. The van der Waals surface area contributed by atoms with Crippen molar-refractivity contribution < 1.29 is 13.2 Å². The van der Waals surface area contributed by atoms with Gasteiger partial charge in [-0.3, -0.25) is 0 Å². The Balaban J connectivity index is 2.75. The molecule has 1 unspecified atom stereocenters. The van der Waals surface area contributed by atoms with Crippen molar-refractivity contribution >= 4 is 11.3 Å². The fourth-order valence-corrected chi connectivity index (χ4v) is 2.64. The van der Waals surface area contributed by atoms with Crippen LogP contribution in [0, 0.1) is 5.92 Å². The van der Waals surface area contributed by atoms with Gasteiger partial charge in [0.2, 0.25) is 0 Å². The Morgan fingerprint density at radius 3 is 2.47 bits per heavy atom. The molecule has 1 N–H and O–H groups in total. The predicted molar refractivity (Wildman–Crippen MR) is 72.2 cm³/mol. The zero-order chi connectivity index (χ0) is 14.5. The summed E-state index contributed by atoms with van der Waals surface area (Å²) < 4.78 is 37.7. The van der Waals surface area contributed by atoms with Crippen molar-refractivity contribution in [2.75, 3.05) is 6.54 Å². The van der Waals surface area contributed by atoms with Gasteiger partial charge in [-0.25, -0.2) is 4.98 Å². The Morgan fingerprint density at radius 2 is 2.00 bits per heavy atom. The summed E-state index contributed by atoms with van der Waals surface area (Å²) in [5.41, 5.74) is 0. The Morgan fingerprint density at radius 1 is 1.32 bits per heavy atom. The number of rotatable bonds is 7. The Bertz CT molecular complexity index is 374. The lowest BCUT2D eigenvalue weighted by molar-refractivity contribution is -0.137. The monoisotopic (exact) mass is 294 g/mol. The van der Waals surface area contributed by atoms with Crippen molar-refractivity contribution in [3.8, 4) is 0 Å². The Labute approximate surface area is 116 Å². The van der Waals surface area contributed by atoms with Crippen molar-refractivity contribution in [1.29, 1.82) is 0 Å². The average molecular weight is 294 g/mol. The molecular weight excluding hydrogens is 273 g/mol. The van der Waals surface area contributed by atoms with E-state index >= 15 is 0 Å². The van der Waals surface area contributed by atoms with Gasteiger partial charge in [0.1, 0.15) is 0 Å². The van der Waals surface area contributed by atoms with Gasteiger partial charge in [-0.2, -0.15) is 13.2 Å². The van der Waals surface area contributed by atoms with E-state index in [1.165, 1.54) is 6.20 Å². The second-order valence-corrected chi connectivity index (χ2v) is 6.11. The maximum Gasteiger partial charge on any atom is 0.443 e. The van der Waals surface area contributed by atoms with Crippen molar-refractivity contribution in [2.45, 2.75) is 52.3 Å². The van der Waals surface area contributed by atoms with Crippen LogP contribution < -0.4 is 5.32 Å². The van der Waals surface area contributed by atoms with Crippen LogP contribution in [0.15, 0.2) is 6.20 Å². The van der Waals surface area contributed by atoms with Crippen LogP contribution in [0.2, 0.25) is 0 Å². The molecule has 1 atom stereocenters. The number of halogens is 3. The van der Waals surface area contributed by atoms with Crippen molar-refractivity contribution in [1.82, 2.24) is 10.3 Å². The number of alkyl halides is 3. The molecule has 0 fully saturated rings. The van der Waals surface area contributed by atoms with Crippen molar-refractivity contribution in [2.24, 2.45) is 5.92 Å². The van der Waals surface area contributed by atoms with Crippen molar-refractivity contribution in [3.05, 3.63) is 16.1 Å². The molecule has 6 heteroatoms. The van der Waals surface area contributed by atoms with Gasteiger partial charge in [-0.05, 0) is 31.7 Å². The largest absolute Gasteiger partial charge is 0.443 e. The van der Waals surface area contributed by atoms with Gasteiger partial charge in [0.15, 0.2) is 5.01 Å². The number of hydrogen-bond donors (Lipinski definition) is 1. The smallest absolute Gasteiger partial charge is 0.309 e. The molecule has 0 aliphatic heterocycles. The first-order valence-electron chi connectivity index (χ1n) is 6.60. The van der Waals surface area contributed by atoms with Gasteiger partial charge in [-0.1, -0.05) is 20.8 Å². The average Bonchev–Trinajstić information content (AvgIpc) is 2.78. The molecule has 0 aromatic carbocycles. The molecule has 0 saturated heterocycles. The van der Waals surface area contributed by atoms with E-state index in [9.17, 15) is 13.2 Å². The summed E-state index contributed by atoms with van der Waals surface area (Å²) in [6.45, 7) is 7.08. The van der Waals surface area contributed by atoms with E-state index in [-0.39, 0.29) is 6.04 Å². The van der Waals surface area contributed by atoms with Crippen LogP contribution in [0.1, 0.15) is 56.0 Å². The second-order valence-electron chi connectivity index (χ2n) is 5.04. The van der Waals surface area contributed by atoms with E-state index in [2.05, 4.69) is 24.1 Å². The summed E-state index contributed by atoms with van der Waals surface area (Å²) in [7, 11) is 0. The summed E-state index contributed by atoms with van der Waals surface area (Å²) in [5.74, 6) is 0.543. The van der Waals surface area contributed by atoms with Crippen LogP contribution in [-0.2, 0) is 6.18 Å². The minimum atomic E-state index is -4.34. The summed E-state index contributed by atoms with van der Waals surface area (Å²) in [6, 6.07) is -0.0176. The van der Waals surface area contributed by atoms with E-state index in [1.54, 1.807) is 0 Å². The summed E-state index contributed by atoms with van der Waals surface area (Å²) >= 11 is 0.751. The highest BCUT2D eigenvalue weighted by molar-refractivity contribution is 7.11. The number of nitrogens with zero attached hydrogens (tertiary/aromatic N) is 1. The standard InChI is InChI=1S/C13H21F3N2S/c1-4-7-17-10(6-5-9(2)3)11-8-18-12(19-11)13(14,15)16/h8-10,17H,4-7H2,1-3H3. The molecule has 0 radical (unpaired) electrons. The molecule has 0 spiro atoms. The topological polar surface area (TPSA) is 24.9 Å². The fraction of sp³-hybridized carbons (Fsp3) is 0.769. The van der Waals surface area contributed by atoms with Crippen LogP contribution in [0.25, 0.3) is 0 Å². The lowest BCUT2D eigenvalue weighted by Crippen LogP contribution is -2.21. The first kappa shape index (κ1) is 16.4. The molecule has 0 bridgehead atoms. The third kappa shape index (κ3) is 5.48. The lowest BCUT2D eigenvalue weighted by atomic mass is 10.0. The number of aromatic nitrogens is 1. The third-order valence-corrected chi connectivity index (χ3v) is 3.94. The van der Waals surface area contributed by atoms with E-state index in [4.69, 9.17) is 0 Å². The second kappa shape index (κ2) is 7.24. The number of hydrogen-bond acceptors (Lipinski definition) is 3. The first-order valence-corrected chi connectivity index (χ1v) is 7.42. The zero-order valence-corrected chi connectivity index (χ0v) is 12.4. The lowest BCUT2D eigenvalue weighted by Gasteiger charge is -2.17. The van der Waals surface area contributed by atoms with E-state index in [0.717, 1.165) is 37.1 Å². The van der Waals surface area contributed by atoms with Crippen LogP contribution in [0.4, 0.5) is 13.2 Å². The van der Waals surface area contributed by atoms with Crippen LogP contribution in [-0.4, -0.2) is 11.5 Å². The van der Waals surface area contributed by atoms with Gasteiger partial charge >= 0.3 is 6.18 Å². The summed E-state index contributed by atoms with van der Waals surface area (Å²) in [5, 5.41) is 2.55. The molecule has 19 heavy (non-hydrogen) atoms. The van der Waals surface area contributed by atoms with Gasteiger partial charge in [0.05, 0.1) is 0 Å². The first-order chi connectivity index (χ1) is 8.84. The molecule has 0 aliphatic carbocycles. The maximum absolute atomic E-state index is 12.6.